The van der Waals surface area contributed by atoms with Gasteiger partial charge >= 0.3 is 0 Å². The van der Waals surface area contributed by atoms with Gasteiger partial charge in [0.05, 0.1) is 10.5 Å². The fourth-order valence-electron chi connectivity index (χ4n) is 1.40. The van der Waals surface area contributed by atoms with Gasteiger partial charge in [0.25, 0.3) is 0 Å². The van der Waals surface area contributed by atoms with E-state index in [1.54, 1.807) is 26.8 Å². The summed E-state index contributed by atoms with van der Waals surface area (Å²) < 4.78 is 41.4. The van der Waals surface area contributed by atoms with Gasteiger partial charge in [-0.05, 0) is 38.5 Å². The third kappa shape index (κ3) is 4.47. The average molecular weight is 289 g/mol. The number of hydrogen-bond donors (Lipinski definition) is 1. The summed E-state index contributed by atoms with van der Waals surface area (Å²) in [5.74, 6) is -0.258. The van der Waals surface area contributed by atoms with Crippen LogP contribution in [-0.2, 0) is 16.4 Å². The Morgan fingerprint density at radius 2 is 1.89 bits per heavy atom. The number of halogens is 1. The second kappa shape index (κ2) is 5.88. The van der Waals surface area contributed by atoms with E-state index in [2.05, 4.69) is 0 Å². The minimum Gasteiger partial charge on any atom is -0.492 e. The number of sulfone groups is 1. The molecule has 0 unspecified atom stereocenters. The number of rotatable bonds is 5. The van der Waals surface area contributed by atoms with Gasteiger partial charge in [-0.25, -0.2) is 12.8 Å². The van der Waals surface area contributed by atoms with Crippen LogP contribution in [0, 0.1) is 5.82 Å². The van der Waals surface area contributed by atoms with Crippen LogP contribution >= 0.6 is 0 Å². The summed E-state index contributed by atoms with van der Waals surface area (Å²) in [5, 5.41) is 0. The van der Waals surface area contributed by atoms with Gasteiger partial charge < -0.3 is 10.5 Å². The first-order valence-electron chi connectivity index (χ1n) is 6.00. The molecule has 19 heavy (non-hydrogen) atoms. The van der Waals surface area contributed by atoms with Crippen LogP contribution in [0.4, 0.5) is 4.39 Å². The van der Waals surface area contributed by atoms with Crippen molar-refractivity contribution in [2.75, 3.05) is 12.4 Å². The molecule has 0 amide bonds. The van der Waals surface area contributed by atoms with Crippen molar-refractivity contribution in [3.8, 4) is 5.75 Å². The molecule has 0 aliphatic carbocycles. The quantitative estimate of drug-likeness (QED) is 0.898. The predicted molar refractivity (Wildman–Crippen MR) is 73.3 cm³/mol. The fraction of sp³-hybridized carbons (Fsp3) is 0.538. The molecule has 1 aromatic carbocycles. The monoisotopic (exact) mass is 289 g/mol. The summed E-state index contributed by atoms with van der Waals surface area (Å²) >= 11 is 0. The van der Waals surface area contributed by atoms with E-state index in [-0.39, 0.29) is 18.9 Å². The first kappa shape index (κ1) is 15.9. The van der Waals surface area contributed by atoms with E-state index in [0.29, 0.717) is 11.3 Å². The molecular weight excluding hydrogens is 269 g/mol. The van der Waals surface area contributed by atoms with Gasteiger partial charge in [0.2, 0.25) is 0 Å². The Balaban J connectivity index is 2.66. The first-order chi connectivity index (χ1) is 8.65. The van der Waals surface area contributed by atoms with Crippen LogP contribution in [0.5, 0.6) is 5.75 Å². The van der Waals surface area contributed by atoms with E-state index in [9.17, 15) is 12.8 Å². The van der Waals surface area contributed by atoms with Gasteiger partial charge in [-0.3, -0.25) is 0 Å². The highest BCUT2D eigenvalue weighted by atomic mass is 32.2. The molecule has 0 spiro atoms. The Kier molecular flexibility index (Phi) is 4.92. The molecule has 2 N–H and O–H groups in total. The molecule has 1 rings (SSSR count). The zero-order chi connectivity index (χ0) is 14.7. The summed E-state index contributed by atoms with van der Waals surface area (Å²) in [4.78, 5) is 0. The Morgan fingerprint density at radius 3 is 2.42 bits per heavy atom. The Morgan fingerprint density at radius 1 is 1.26 bits per heavy atom. The molecule has 0 atom stereocenters. The Labute approximate surface area is 113 Å². The third-order valence-corrected chi connectivity index (χ3v) is 5.29. The van der Waals surface area contributed by atoms with Crippen LogP contribution in [0.2, 0.25) is 0 Å². The molecule has 0 bridgehead atoms. The highest BCUT2D eigenvalue weighted by Crippen LogP contribution is 2.18. The molecule has 0 fully saturated rings. The third-order valence-electron chi connectivity index (χ3n) is 2.72. The maximum Gasteiger partial charge on any atom is 0.158 e. The zero-order valence-corrected chi connectivity index (χ0v) is 12.3. The maximum atomic E-state index is 13.2. The van der Waals surface area contributed by atoms with Crippen molar-refractivity contribution < 1.29 is 17.5 Å². The second-order valence-electron chi connectivity index (χ2n) is 5.28. The highest BCUT2D eigenvalue weighted by molar-refractivity contribution is 7.92. The van der Waals surface area contributed by atoms with E-state index in [0.717, 1.165) is 0 Å². The molecule has 1 aromatic rings. The summed E-state index contributed by atoms with van der Waals surface area (Å²) in [6.07, 6.45) is 0. The minimum absolute atomic E-state index is 0.00688. The molecule has 0 saturated carbocycles. The lowest BCUT2D eigenvalue weighted by Gasteiger charge is -2.19. The van der Waals surface area contributed by atoms with E-state index in [4.69, 9.17) is 10.5 Å². The lowest BCUT2D eigenvalue weighted by molar-refractivity contribution is 0.337. The molecule has 0 aliphatic heterocycles. The Hall–Kier alpha value is -1.14. The SMILES string of the molecule is CC(C)(C)S(=O)(=O)CCOc1cc(F)cc(CN)c1. The van der Waals surface area contributed by atoms with E-state index >= 15 is 0 Å². The van der Waals surface area contributed by atoms with Crippen molar-refractivity contribution >= 4 is 9.84 Å². The molecule has 0 radical (unpaired) electrons. The topological polar surface area (TPSA) is 69.4 Å². The number of benzene rings is 1. The highest BCUT2D eigenvalue weighted by Gasteiger charge is 2.28. The molecule has 6 heteroatoms. The predicted octanol–water partition coefficient (Wildman–Crippen LogP) is 1.88. The Bertz CT molecular complexity index is 535. The van der Waals surface area contributed by atoms with Gasteiger partial charge in [0.1, 0.15) is 18.2 Å². The maximum absolute atomic E-state index is 13.2. The number of ether oxygens (including phenoxy) is 1. The van der Waals surface area contributed by atoms with Crippen molar-refractivity contribution in [2.24, 2.45) is 5.73 Å². The smallest absolute Gasteiger partial charge is 0.158 e. The van der Waals surface area contributed by atoms with Gasteiger partial charge in [0.15, 0.2) is 9.84 Å². The van der Waals surface area contributed by atoms with E-state index < -0.39 is 20.4 Å². The zero-order valence-electron chi connectivity index (χ0n) is 11.4. The van der Waals surface area contributed by atoms with Crippen LogP contribution in [-0.4, -0.2) is 25.5 Å². The lowest BCUT2D eigenvalue weighted by Crippen LogP contribution is -2.32. The molecule has 108 valence electrons. The van der Waals surface area contributed by atoms with Crippen molar-refractivity contribution in [2.45, 2.75) is 32.1 Å². The summed E-state index contributed by atoms with van der Waals surface area (Å²) in [7, 11) is -3.24. The minimum atomic E-state index is -3.24. The first-order valence-corrected chi connectivity index (χ1v) is 7.65. The molecule has 0 saturated heterocycles. The van der Waals surface area contributed by atoms with Crippen molar-refractivity contribution in [3.63, 3.8) is 0 Å². The molecular formula is C13H20FNO3S. The standard InChI is InChI=1S/C13H20FNO3S/c1-13(2,3)19(16,17)5-4-18-12-7-10(9-15)6-11(14)8-12/h6-8H,4-5,9,15H2,1-3H3. The van der Waals surface area contributed by atoms with Crippen molar-refractivity contribution in [1.82, 2.24) is 0 Å². The van der Waals surface area contributed by atoms with Crippen LogP contribution < -0.4 is 10.5 Å². The number of nitrogens with two attached hydrogens (primary N) is 1. The van der Waals surface area contributed by atoms with Gasteiger partial charge in [-0.1, -0.05) is 0 Å². The fourth-order valence-corrected chi connectivity index (χ4v) is 2.31. The van der Waals surface area contributed by atoms with Crippen LogP contribution in [0.1, 0.15) is 26.3 Å². The summed E-state index contributed by atoms with van der Waals surface area (Å²) in [6.45, 7) is 5.10. The van der Waals surface area contributed by atoms with E-state index in [1.807, 2.05) is 0 Å². The molecule has 0 aliphatic rings. The van der Waals surface area contributed by atoms with Crippen molar-refractivity contribution in [3.05, 3.63) is 29.6 Å². The number of hydrogen-bond acceptors (Lipinski definition) is 4. The molecule has 0 aromatic heterocycles. The van der Waals surface area contributed by atoms with Gasteiger partial charge in [-0.15, -0.1) is 0 Å². The van der Waals surface area contributed by atoms with Gasteiger partial charge in [0, 0.05) is 12.6 Å². The van der Waals surface area contributed by atoms with Crippen LogP contribution in [0.25, 0.3) is 0 Å². The normalized spacial score (nSPS) is 12.5. The van der Waals surface area contributed by atoms with E-state index in [1.165, 1.54) is 12.1 Å². The second-order valence-corrected chi connectivity index (χ2v) is 8.14. The average Bonchev–Trinajstić information content (AvgIpc) is 2.26. The van der Waals surface area contributed by atoms with Crippen LogP contribution in [0.3, 0.4) is 0 Å². The largest absolute Gasteiger partial charge is 0.492 e. The molecule has 4 nitrogen and oxygen atoms in total. The molecule has 0 heterocycles. The summed E-state index contributed by atoms with van der Waals surface area (Å²) in [5.41, 5.74) is 6.03. The van der Waals surface area contributed by atoms with Crippen molar-refractivity contribution in [1.29, 1.82) is 0 Å². The van der Waals surface area contributed by atoms with Crippen LogP contribution in [0.15, 0.2) is 18.2 Å². The lowest BCUT2D eigenvalue weighted by atomic mass is 10.2. The van der Waals surface area contributed by atoms with Gasteiger partial charge in [-0.2, -0.15) is 0 Å². The summed E-state index contributed by atoms with van der Waals surface area (Å²) in [6, 6.07) is 4.13.